The Morgan fingerprint density at radius 2 is 2.05 bits per heavy atom. The fourth-order valence-corrected chi connectivity index (χ4v) is 4.17. The van der Waals surface area contributed by atoms with Gasteiger partial charge in [0.15, 0.2) is 0 Å². The molecule has 1 aromatic carbocycles. The topological polar surface area (TPSA) is 24.9 Å². The van der Waals surface area contributed by atoms with Gasteiger partial charge in [0.05, 0.1) is 5.69 Å². The van der Waals surface area contributed by atoms with Crippen molar-refractivity contribution < 1.29 is 0 Å². The molecule has 0 radical (unpaired) electrons. The average Bonchev–Trinajstić information content (AvgIpc) is 2.97. The summed E-state index contributed by atoms with van der Waals surface area (Å²) in [4.78, 5) is 6.39. The molecule has 21 heavy (non-hydrogen) atoms. The van der Waals surface area contributed by atoms with Gasteiger partial charge in [-0.3, -0.25) is 0 Å². The highest BCUT2D eigenvalue weighted by Gasteiger charge is 2.24. The number of fused-ring (bicyclic) bond motifs is 1. The van der Waals surface area contributed by atoms with Crippen LogP contribution in [0.1, 0.15) is 55.3 Å². The molecular formula is C18H24N2S. The third-order valence-electron chi connectivity index (χ3n) is 4.20. The number of benzene rings is 1. The van der Waals surface area contributed by atoms with Gasteiger partial charge in [0.25, 0.3) is 0 Å². The largest absolute Gasteiger partial charge is 0.309 e. The maximum absolute atomic E-state index is 4.91. The van der Waals surface area contributed by atoms with E-state index in [1.807, 2.05) is 11.3 Å². The van der Waals surface area contributed by atoms with Gasteiger partial charge in [-0.25, -0.2) is 4.98 Å². The number of rotatable bonds is 5. The molecule has 3 heteroatoms. The number of nitrogens with zero attached hydrogens (tertiary/aromatic N) is 1. The van der Waals surface area contributed by atoms with Crippen LogP contribution < -0.4 is 5.32 Å². The maximum Gasteiger partial charge on any atom is 0.123 e. The van der Waals surface area contributed by atoms with Gasteiger partial charge in [0.2, 0.25) is 0 Å². The number of aromatic nitrogens is 1. The van der Waals surface area contributed by atoms with E-state index in [9.17, 15) is 0 Å². The molecule has 0 amide bonds. The molecule has 2 nitrogen and oxygen atoms in total. The molecule has 2 aromatic rings. The van der Waals surface area contributed by atoms with Crippen LogP contribution in [0.15, 0.2) is 24.3 Å². The zero-order chi connectivity index (χ0) is 14.7. The molecule has 0 saturated heterocycles. The van der Waals surface area contributed by atoms with Crippen molar-refractivity contribution in [1.82, 2.24) is 10.3 Å². The van der Waals surface area contributed by atoms with E-state index in [0.29, 0.717) is 6.04 Å². The fraction of sp³-hybridized carbons (Fsp3) is 0.500. The second kappa shape index (κ2) is 6.71. The Bertz CT molecular complexity index is 586. The predicted octanol–water partition coefficient (Wildman–Crippen LogP) is 4.75. The van der Waals surface area contributed by atoms with E-state index < -0.39 is 0 Å². The number of thiazole rings is 1. The molecule has 1 aliphatic carbocycles. The third kappa shape index (κ3) is 3.19. The molecule has 1 aliphatic rings. The van der Waals surface area contributed by atoms with E-state index in [2.05, 4.69) is 43.4 Å². The summed E-state index contributed by atoms with van der Waals surface area (Å²) in [5.74, 6) is 0. The number of hydrogen-bond donors (Lipinski definition) is 1. The van der Waals surface area contributed by atoms with Gasteiger partial charge in [-0.1, -0.05) is 38.1 Å². The Morgan fingerprint density at radius 3 is 2.76 bits per heavy atom. The summed E-state index contributed by atoms with van der Waals surface area (Å²) in [5, 5.41) is 4.87. The van der Waals surface area contributed by atoms with Crippen molar-refractivity contribution in [2.24, 2.45) is 0 Å². The lowest BCUT2D eigenvalue weighted by atomic mass is 9.98. The summed E-state index contributed by atoms with van der Waals surface area (Å²) < 4.78 is 0. The van der Waals surface area contributed by atoms with Crippen LogP contribution in [0.2, 0.25) is 0 Å². The van der Waals surface area contributed by atoms with Gasteiger partial charge < -0.3 is 5.32 Å². The Morgan fingerprint density at radius 1 is 1.24 bits per heavy atom. The lowest BCUT2D eigenvalue weighted by molar-refractivity contribution is 0.465. The summed E-state index contributed by atoms with van der Waals surface area (Å²) in [7, 11) is 0. The van der Waals surface area contributed by atoms with Gasteiger partial charge in [-0.05, 0) is 44.2 Å². The molecule has 0 saturated carbocycles. The monoisotopic (exact) mass is 300 g/mol. The summed E-state index contributed by atoms with van der Waals surface area (Å²) in [6, 6.07) is 9.41. The molecule has 0 bridgehead atoms. The zero-order valence-corrected chi connectivity index (χ0v) is 13.8. The fourth-order valence-electron chi connectivity index (χ4n) is 2.94. The summed E-state index contributed by atoms with van der Waals surface area (Å²) in [5.41, 5.74) is 3.98. The van der Waals surface area contributed by atoms with Crippen LogP contribution >= 0.6 is 11.3 Å². The molecule has 1 aromatic heterocycles. The Hall–Kier alpha value is -1.19. The molecule has 0 fully saturated rings. The standard InChI is InChI=1S/C18H24N2S/c1-3-12-19-15-6-5-7-16-17(15)21-18(20-16)14-10-8-13(4-2)9-11-14/h8-11,15,19H,3-7,12H2,1-2H3. The minimum atomic E-state index is 0.523. The first-order valence-corrected chi connectivity index (χ1v) is 8.95. The number of nitrogens with one attached hydrogen (secondary N) is 1. The molecule has 3 rings (SSSR count). The van der Waals surface area contributed by atoms with E-state index in [1.165, 1.54) is 46.0 Å². The molecule has 1 N–H and O–H groups in total. The molecule has 1 unspecified atom stereocenters. The minimum absolute atomic E-state index is 0.523. The minimum Gasteiger partial charge on any atom is -0.309 e. The van der Waals surface area contributed by atoms with E-state index >= 15 is 0 Å². The van der Waals surface area contributed by atoms with Gasteiger partial charge in [-0.15, -0.1) is 11.3 Å². The Labute approximate surface area is 131 Å². The Balaban J connectivity index is 1.86. The first-order chi connectivity index (χ1) is 10.3. The van der Waals surface area contributed by atoms with Crippen LogP contribution in [-0.4, -0.2) is 11.5 Å². The molecular weight excluding hydrogens is 276 g/mol. The average molecular weight is 300 g/mol. The first-order valence-electron chi connectivity index (χ1n) is 8.14. The van der Waals surface area contributed by atoms with E-state index in [-0.39, 0.29) is 0 Å². The smallest absolute Gasteiger partial charge is 0.123 e. The van der Waals surface area contributed by atoms with Crippen LogP contribution in [0.25, 0.3) is 10.6 Å². The van der Waals surface area contributed by atoms with Crippen molar-refractivity contribution in [3.05, 3.63) is 40.4 Å². The van der Waals surface area contributed by atoms with Crippen LogP contribution in [0.4, 0.5) is 0 Å². The molecule has 1 heterocycles. The highest BCUT2D eigenvalue weighted by molar-refractivity contribution is 7.15. The highest BCUT2D eigenvalue weighted by atomic mass is 32.1. The normalized spacial score (nSPS) is 17.7. The van der Waals surface area contributed by atoms with Crippen molar-refractivity contribution in [1.29, 1.82) is 0 Å². The van der Waals surface area contributed by atoms with Crippen molar-refractivity contribution in [3.8, 4) is 10.6 Å². The van der Waals surface area contributed by atoms with Crippen molar-refractivity contribution in [3.63, 3.8) is 0 Å². The second-order valence-corrected chi connectivity index (χ2v) is 6.81. The lowest BCUT2D eigenvalue weighted by Crippen LogP contribution is -2.24. The van der Waals surface area contributed by atoms with Crippen LogP contribution in [0, 0.1) is 0 Å². The van der Waals surface area contributed by atoms with E-state index in [4.69, 9.17) is 4.98 Å². The van der Waals surface area contributed by atoms with Gasteiger partial charge in [-0.2, -0.15) is 0 Å². The molecule has 0 aliphatic heterocycles. The predicted molar refractivity (Wildman–Crippen MR) is 90.9 cm³/mol. The van der Waals surface area contributed by atoms with E-state index in [0.717, 1.165) is 19.4 Å². The third-order valence-corrected chi connectivity index (χ3v) is 5.46. The number of hydrogen-bond acceptors (Lipinski definition) is 3. The highest BCUT2D eigenvalue weighted by Crippen LogP contribution is 2.37. The Kier molecular flexibility index (Phi) is 4.71. The van der Waals surface area contributed by atoms with Crippen LogP contribution in [0.3, 0.4) is 0 Å². The second-order valence-electron chi connectivity index (χ2n) is 5.78. The van der Waals surface area contributed by atoms with Crippen molar-refractivity contribution in [2.75, 3.05) is 6.54 Å². The van der Waals surface area contributed by atoms with Gasteiger partial charge in [0.1, 0.15) is 5.01 Å². The molecule has 112 valence electrons. The van der Waals surface area contributed by atoms with Gasteiger partial charge >= 0.3 is 0 Å². The SMILES string of the molecule is CCCNC1CCCc2nc(-c3ccc(CC)cc3)sc21. The zero-order valence-electron chi connectivity index (χ0n) is 13.0. The van der Waals surface area contributed by atoms with Crippen LogP contribution in [-0.2, 0) is 12.8 Å². The van der Waals surface area contributed by atoms with E-state index in [1.54, 1.807) is 0 Å². The molecule has 1 atom stereocenters. The summed E-state index contributed by atoms with van der Waals surface area (Å²) in [6.07, 6.45) is 5.94. The number of aryl methyl sites for hydroxylation is 2. The van der Waals surface area contributed by atoms with Crippen molar-refractivity contribution in [2.45, 2.75) is 52.0 Å². The van der Waals surface area contributed by atoms with Gasteiger partial charge in [0, 0.05) is 16.5 Å². The quantitative estimate of drug-likeness (QED) is 0.862. The lowest BCUT2D eigenvalue weighted by Gasteiger charge is -2.22. The van der Waals surface area contributed by atoms with Crippen LogP contribution in [0.5, 0.6) is 0 Å². The summed E-state index contributed by atoms with van der Waals surface area (Å²) >= 11 is 1.89. The first kappa shape index (κ1) is 14.7. The maximum atomic E-state index is 4.91. The molecule has 0 spiro atoms. The van der Waals surface area contributed by atoms with Crippen molar-refractivity contribution >= 4 is 11.3 Å². The summed E-state index contributed by atoms with van der Waals surface area (Å²) in [6.45, 7) is 5.52.